The molecule has 4 rings (SSSR count). The Kier molecular flexibility index (Phi) is 3.91. The number of carbonyl (C=O) groups excluding carboxylic acids is 3. The van der Waals surface area contributed by atoms with Gasteiger partial charge in [0.1, 0.15) is 5.54 Å². The van der Waals surface area contributed by atoms with Gasteiger partial charge < -0.3 is 5.32 Å². The van der Waals surface area contributed by atoms with E-state index in [1.807, 2.05) is 45.0 Å². The van der Waals surface area contributed by atoms with Crippen LogP contribution in [-0.4, -0.2) is 35.2 Å². The number of benzene rings is 1. The number of hydrogen-bond acceptors (Lipinski definition) is 4. The van der Waals surface area contributed by atoms with Crippen molar-refractivity contribution in [3.63, 3.8) is 0 Å². The van der Waals surface area contributed by atoms with E-state index in [-0.39, 0.29) is 29.7 Å². The molecular weight excluding hydrogens is 330 g/mol. The Morgan fingerprint density at radius 3 is 2.58 bits per heavy atom. The number of para-hydroxylation sites is 1. The summed E-state index contributed by atoms with van der Waals surface area (Å²) in [6.07, 6.45) is 1.69. The van der Waals surface area contributed by atoms with Crippen molar-refractivity contribution in [1.29, 1.82) is 0 Å². The Morgan fingerprint density at radius 2 is 1.88 bits per heavy atom. The minimum absolute atomic E-state index is 0.130. The van der Waals surface area contributed by atoms with Gasteiger partial charge in [-0.05, 0) is 18.4 Å². The number of nitrogens with one attached hydrogen (secondary N) is 2. The lowest BCUT2D eigenvalue weighted by Gasteiger charge is -2.30. The van der Waals surface area contributed by atoms with Crippen LogP contribution in [-0.2, 0) is 19.9 Å². The summed E-state index contributed by atoms with van der Waals surface area (Å²) in [5.41, 5.74) is 0.353. The lowest BCUT2D eigenvalue weighted by atomic mass is 9.76. The van der Waals surface area contributed by atoms with Crippen LogP contribution in [0.3, 0.4) is 0 Å². The van der Waals surface area contributed by atoms with E-state index < -0.39 is 17.4 Å². The first kappa shape index (κ1) is 17.2. The van der Waals surface area contributed by atoms with Crippen molar-refractivity contribution in [3.8, 4) is 0 Å². The van der Waals surface area contributed by atoms with Gasteiger partial charge in [0.2, 0.25) is 17.7 Å². The van der Waals surface area contributed by atoms with Crippen molar-refractivity contribution in [2.24, 2.45) is 17.8 Å². The first-order chi connectivity index (χ1) is 12.4. The summed E-state index contributed by atoms with van der Waals surface area (Å²) in [4.78, 5) is 40.9. The third kappa shape index (κ3) is 2.05. The number of imide groups is 1. The Hall–Kier alpha value is -2.21. The van der Waals surface area contributed by atoms with E-state index in [9.17, 15) is 14.4 Å². The summed E-state index contributed by atoms with van der Waals surface area (Å²) in [5, 5.41) is 6.34. The van der Waals surface area contributed by atoms with Crippen LogP contribution in [0.5, 0.6) is 0 Å². The Balaban J connectivity index is 1.85. The molecule has 0 saturated carbocycles. The van der Waals surface area contributed by atoms with Gasteiger partial charge in [-0.25, -0.2) is 0 Å². The Bertz CT molecular complexity index is 790. The van der Waals surface area contributed by atoms with Crippen LogP contribution in [0.25, 0.3) is 0 Å². The number of likely N-dealkylation sites (tertiary alicyclic amines) is 1. The smallest absolute Gasteiger partial charge is 0.250 e. The standard InChI is InChI=1S/C20H25N3O3/c1-4-5-10-23-17(24)14-15(18(23)25)20(22-16(14)11(2)3)12-8-6-7-9-13(12)21-19(20)26/h6-9,11,14-16,22H,4-5,10H2,1-3H3,(H,21,26)/t14-,15-,16+,20+/m0/s1. The van der Waals surface area contributed by atoms with E-state index in [0.717, 1.165) is 24.1 Å². The van der Waals surface area contributed by atoms with Crippen molar-refractivity contribution in [2.75, 3.05) is 11.9 Å². The summed E-state index contributed by atoms with van der Waals surface area (Å²) in [6.45, 7) is 6.52. The van der Waals surface area contributed by atoms with E-state index in [2.05, 4.69) is 10.6 Å². The van der Waals surface area contributed by atoms with Crippen LogP contribution in [0.15, 0.2) is 24.3 Å². The number of amides is 3. The number of unbranched alkanes of at least 4 members (excludes halogenated alkanes) is 1. The van der Waals surface area contributed by atoms with E-state index >= 15 is 0 Å². The third-order valence-corrected chi connectivity index (χ3v) is 6.10. The molecule has 2 N–H and O–H groups in total. The monoisotopic (exact) mass is 355 g/mol. The Labute approximate surface area is 153 Å². The molecule has 3 aliphatic rings. The molecule has 4 atom stereocenters. The third-order valence-electron chi connectivity index (χ3n) is 6.10. The average Bonchev–Trinajstić information content (AvgIpc) is 3.20. The molecule has 6 nitrogen and oxygen atoms in total. The largest absolute Gasteiger partial charge is 0.324 e. The summed E-state index contributed by atoms with van der Waals surface area (Å²) < 4.78 is 0. The maximum atomic E-state index is 13.3. The summed E-state index contributed by atoms with van der Waals surface area (Å²) in [7, 11) is 0. The van der Waals surface area contributed by atoms with Gasteiger partial charge in [-0.1, -0.05) is 45.4 Å². The van der Waals surface area contributed by atoms with Crippen molar-refractivity contribution >= 4 is 23.4 Å². The molecule has 2 fully saturated rings. The van der Waals surface area contributed by atoms with Gasteiger partial charge in [-0.15, -0.1) is 0 Å². The first-order valence-corrected chi connectivity index (χ1v) is 9.47. The molecule has 3 aliphatic heterocycles. The van der Waals surface area contributed by atoms with Crippen LogP contribution < -0.4 is 10.6 Å². The zero-order valence-electron chi connectivity index (χ0n) is 15.4. The van der Waals surface area contributed by atoms with Crippen molar-refractivity contribution in [2.45, 2.75) is 45.2 Å². The normalized spacial score (nSPS) is 32.5. The van der Waals surface area contributed by atoms with Gasteiger partial charge in [0, 0.05) is 23.8 Å². The molecule has 0 aromatic heterocycles. The second kappa shape index (κ2) is 5.91. The maximum absolute atomic E-state index is 13.3. The van der Waals surface area contributed by atoms with Crippen molar-refractivity contribution < 1.29 is 14.4 Å². The first-order valence-electron chi connectivity index (χ1n) is 9.47. The van der Waals surface area contributed by atoms with E-state index in [4.69, 9.17) is 0 Å². The fourth-order valence-electron chi connectivity index (χ4n) is 4.86. The van der Waals surface area contributed by atoms with Crippen LogP contribution in [0.4, 0.5) is 5.69 Å². The number of nitrogens with zero attached hydrogens (tertiary/aromatic N) is 1. The van der Waals surface area contributed by atoms with E-state index in [1.54, 1.807) is 0 Å². The van der Waals surface area contributed by atoms with Gasteiger partial charge in [0.15, 0.2) is 0 Å². The number of anilines is 1. The SMILES string of the molecule is CCCCN1C(=O)[C@@H]2[C@@H](C(C)C)N[C@@]3(C(=O)Nc4ccccc43)[C@@H]2C1=O. The Morgan fingerprint density at radius 1 is 1.15 bits per heavy atom. The number of rotatable bonds is 4. The summed E-state index contributed by atoms with van der Waals surface area (Å²) in [6, 6.07) is 7.25. The topological polar surface area (TPSA) is 78.5 Å². The highest BCUT2D eigenvalue weighted by atomic mass is 16.2. The zero-order valence-corrected chi connectivity index (χ0v) is 15.4. The highest BCUT2D eigenvalue weighted by Gasteiger charge is 2.70. The molecule has 1 aromatic carbocycles. The fraction of sp³-hybridized carbons (Fsp3) is 0.550. The van der Waals surface area contributed by atoms with E-state index in [0.29, 0.717) is 6.54 Å². The quantitative estimate of drug-likeness (QED) is 0.808. The maximum Gasteiger partial charge on any atom is 0.250 e. The van der Waals surface area contributed by atoms with Crippen LogP contribution in [0.1, 0.15) is 39.2 Å². The van der Waals surface area contributed by atoms with Crippen LogP contribution >= 0.6 is 0 Å². The van der Waals surface area contributed by atoms with Gasteiger partial charge in [-0.2, -0.15) is 0 Å². The molecule has 1 spiro atoms. The molecule has 0 bridgehead atoms. The molecule has 26 heavy (non-hydrogen) atoms. The minimum Gasteiger partial charge on any atom is -0.324 e. The van der Waals surface area contributed by atoms with Crippen LogP contribution in [0.2, 0.25) is 0 Å². The van der Waals surface area contributed by atoms with E-state index in [1.165, 1.54) is 4.90 Å². The van der Waals surface area contributed by atoms with Crippen molar-refractivity contribution in [3.05, 3.63) is 29.8 Å². The van der Waals surface area contributed by atoms with Gasteiger partial charge in [0.25, 0.3) is 0 Å². The number of hydrogen-bond donors (Lipinski definition) is 2. The molecular formula is C20H25N3O3. The predicted molar refractivity (Wildman–Crippen MR) is 97.1 cm³/mol. The number of fused-ring (bicyclic) bond motifs is 4. The molecule has 3 amide bonds. The fourth-order valence-corrected chi connectivity index (χ4v) is 4.86. The summed E-state index contributed by atoms with van der Waals surface area (Å²) in [5.74, 6) is -1.61. The second-order valence-corrected chi connectivity index (χ2v) is 7.91. The lowest BCUT2D eigenvalue weighted by Crippen LogP contribution is -2.54. The van der Waals surface area contributed by atoms with Crippen LogP contribution in [0, 0.1) is 17.8 Å². The molecule has 0 aliphatic carbocycles. The average molecular weight is 355 g/mol. The highest BCUT2D eigenvalue weighted by molar-refractivity contribution is 6.15. The summed E-state index contributed by atoms with van der Waals surface area (Å²) >= 11 is 0. The second-order valence-electron chi connectivity index (χ2n) is 7.91. The van der Waals surface area contributed by atoms with Crippen molar-refractivity contribution in [1.82, 2.24) is 10.2 Å². The molecule has 2 saturated heterocycles. The zero-order chi connectivity index (χ0) is 18.6. The highest BCUT2D eigenvalue weighted by Crippen LogP contribution is 2.53. The molecule has 6 heteroatoms. The number of carbonyl (C=O) groups is 3. The molecule has 0 unspecified atom stereocenters. The van der Waals surface area contributed by atoms with Gasteiger partial charge in [0.05, 0.1) is 11.8 Å². The molecule has 1 aromatic rings. The lowest BCUT2D eigenvalue weighted by molar-refractivity contribution is -0.143. The van der Waals surface area contributed by atoms with Gasteiger partial charge in [-0.3, -0.25) is 24.6 Å². The minimum atomic E-state index is -1.15. The van der Waals surface area contributed by atoms with Gasteiger partial charge >= 0.3 is 0 Å². The predicted octanol–water partition coefficient (Wildman–Crippen LogP) is 1.86. The molecule has 138 valence electrons. The molecule has 3 heterocycles. The molecule has 0 radical (unpaired) electrons.